The molecule has 2 rings (SSSR count). The normalized spacial score (nSPS) is 10.7. The summed E-state index contributed by atoms with van der Waals surface area (Å²) in [6, 6.07) is 17.9. The third-order valence-electron chi connectivity index (χ3n) is 4.30. The second-order valence-electron chi connectivity index (χ2n) is 6.57. The molecule has 2 aromatic rings. The molecule has 5 heteroatoms. The van der Waals surface area contributed by atoms with Gasteiger partial charge in [0.05, 0.1) is 6.61 Å². The maximum absolute atomic E-state index is 10.5. The maximum Gasteiger partial charge on any atom is 0.409 e. The standard InChI is InChI=1S/C22H30N2O3/c25-22(26)24-21-12-10-19(11-13-21)14-17-27-16-7-2-1-6-15-23-18-20-8-4-3-5-9-20/h3-5,8-13,23-24H,1-2,6-7,14-18H2,(H,25,26). The summed E-state index contributed by atoms with van der Waals surface area (Å²) in [7, 11) is 0. The fourth-order valence-corrected chi connectivity index (χ4v) is 2.81. The lowest BCUT2D eigenvalue weighted by molar-refractivity contribution is 0.133. The van der Waals surface area contributed by atoms with Crippen LogP contribution in [0.3, 0.4) is 0 Å². The summed E-state index contributed by atoms with van der Waals surface area (Å²) in [5.41, 5.74) is 3.07. The van der Waals surface area contributed by atoms with E-state index >= 15 is 0 Å². The van der Waals surface area contributed by atoms with Crippen LogP contribution in [0, 0.1) is 0 Å². The molecule has 0 unspecified atom stereocenters. The molecule has 5 nitrogen and oxygen atoms in total. The van der Waals surface area contributed by atoms with Crippen LogP contribution >= 0.6 is 0 Å². The molecule has 0 heterocycles. The lowest BCUT2D eigenvalue weighted by Crippen LogP contribution is -2.14. The number of rotatable bonds is 13. The van der Waals surface area contributed by atoms with Crippen molar-refractivity contribution in [2.75, 3.05) is 25.1 Å². The van der Waals surface area contributed by atoms with Crippen LogP contribution in [0.1, 0.15) is 36.8 Å². The topological polar surface area (TPSA) is 70.6 Å². The fraction of sp³-hybridized carbons (Fsp3) is 0.409. The highest BCUT2D eigenvalue weighted by molar-refractivity contribution is 5.82. The van der Waals surface area contributed by atoms with Crippen molar-refractivity contribution in [1.29, 1.82) is 0 Å². The minimum Gasteiger partial charge on any atom is -0.465 e. The van der Waals surface area contributed by atoms with E-state index in [1.807, 2.05) is 18.2 Å². The van der Waals surface area contributed by atoms with E-state index in [0.717, 1.165) is 38.1 Å². The highest BCUT2D eigenvalue weighted by Crippen LogP contribution is 2.10. The van der Waals surface area contributed by atoms with Gasteiger partial charge in [0.25, 0.3) is 0 Å². The van der Waals surface area contributed by atoms with E-state index in [9.17, 15) is 4.79 Å². The Kier molecular flexibility index (Phi) is 10.0. The van der Waals surface area contributed by atoms with Gasteiger partial charge in [0.15, 0.2) is 0 Å². The predicted molar refractivity (Wildman–Crippen MR) is 109 cm³/mol. The van der Waals surface area contributed by atoms with Gasteiger partial charge in [0.1, 0.15) is 0 Å². The highest BCUT2D eigenvalue weighted by atomic mass is 16.5. The zero-order valence-electron chi connectivity index (χ0n) is 15.8. The van der Waals surface area contributed by atoms with E-state index in [2.05, 4.69) is 34.9 Å². The lowest BCUT2D eigenvalue weighted by Gasteiger charge is -2.07. The molecule has 0 bridgehead atoms. The number of nitrogens with one attached hydrogen (secondary N) is 2. The predicted octanol–water partition coefficient (Wildman–Crippen LogP) is 4.69. The van der Waals surface area contributed by atoms with E-state index in [1.54, 1.807) is 12.1 Å². The van der Waals surface area contributed by atoms with Crippen LogP contribution in [-0.2, 0) is 17.7 Å². The van der Waals surface area contributed by atoms with Crippen molar-refractivity contribution in [3.8, 4) is 0 Å². The van der Waals surface area contributed by atoms with Gasteiger partial charge in [-0.2, -0.15) is 0 Å². The van der Waals surface area contributed by atoms with Crippen LogP contribution in [0.5, 0.6) is 0 Å². The number of benzene rings is 2. The van der Waals surface area contributed by atoms with Gasteiger partial charge in [-0.3, -0.25) is 5.32 Å². The Hall–Kier alpha value is -2.37. The summed E-state index contributed by atoms with van der Waals surface area (Å²) < 4.78 is 5.69. The van der Waals surface area contributed by atoms with Crippen molar-refractivity contribution in [3.63, 3.8) is 0 Å². The van der Waals surface area contributed by atoms with Crippen LogP contribution in [0.15, 0.2) is 54.6 Å². The van der Waals surface area contributed by atoms with Crippen molar-refractivity contribution in [2.45, 2.75) is 38.6 Å². The Bertz CT molecular complexity index is 644. The summed E-state index contributed by atoms with van der Waals surface area (Å²) in [6.07, 6.45) is 4.52. The minimum atomic E-state index is -1.04. The molecule has 0 atom stereocenters. The number of ether oxygens (including phenoxy) is 1. The molecular formula is C22H30N2O3. The number of anilines is 1. The molecule has 27 heavy (non-hydrogen) atoms. The zero-order valence-corrected chi connectivity index (χ0v) is 15.8. The molecule has 0 aromatic heterocycles. The summed E-state index contributed by atoms with van der Waals surface area (Å²) in [5, 5.41) is 14.5. The Morgan fingerprint density at radius 2 is 1.59 bits per heavy atom. The Labute approximate surface area is 161 Å². The van der Waals surface area contributed by atoms with Gasteiger partial charge in [-0.25, -0.2) is 4.79 Å². The van der Waals surface area contributed by atoms with E-state index in [0.29, 0.717) is 12.3 Å². The van der Waals surface area contributed by atoms with Crippen molar-refractivity contribution in [3.05, 3.63) is 65.7 Å². The zero-order chi connectivity index (χ0) is 19.2. The van der Waals surface area contributed by atoms with Crippen molar-refractivity contribution < 1.29 is 14.6 Å². The Morgan fingerprint density at radius 3 is 2.33 bits per heavy atom. The van der Waals surface area contributed by atoms with Gasteiger partial charge in [-0.05, 0) is 49.1 Å². The number of carbonyl (C=O) groups is 1. The SMILES string of the molecule is O=C(O)Nc1ccc(CCOCCCCCCNCc2ccccc2)cc1. The van der Waals surface area contributed by atoms with Gasteiger partial charge in [0.2, 0.25) is 0 Å². The smallest absolute Gasteiger partial charge is 0.409 e. The number of hydrogen-bond acceptors (Lipinski definition) is 3. The van der Waals surface area contributed by atoms with E-state index in [4.69, 9.17) is 9.84 Å². The third-order valence-corrected chi connectivity index (χ3v) is 4.30. The second-order valence-corrected chi connectivity index (χ2v) is 6.57. The van der Waals surface area contributed by atoms with Gasteiger partial charge in [-0.1, -0.05) is 55.3 Å². The van der Waals surface area contributed by atoms with Crippen LogP contribution in [0.4, 0.5) is 10.5 Å². The molecule has 146 valence electrons. The molecule has 3 N–H and O–H groups in total. The number of unbranched alkanes of at least 4 members (excludes halogenated alkanes) is 3. The largest absolute Gasteiger partial charge is 0.465 e. The van der Waals surface area contributed by atoms with Crippen LogP contribution in [0.25, 0.3) is 0 Å². The van der Waals surface area contributed by atoms with E-state index < -0.39 is 6.09 Å². The van der Waals surface area contributed by atoms with Crippen LogP contribution in [-0.4, -0.2) is 31.0 Å². The quantitative estimate of drug-likeness (QED) is 0.448. The van der Waals surface area contributed by atoms with Crippen molar-refractivity contribution >= 4 is 11.8 Å². The minimum absolute atomic E-state index is 0.588. The van der Waals surface area contributed by atoms with Gasteiger partial charge >= 0.3 is 6.09 Å². The maximum atomic E-state index is 10.5. The van der Waals surface area contributed by atoms with Gasteiger partial charge in [0, 0.05) is 18.8 Å². The monoisotopic (exact) mass is 370 g/mol. The van der Waals surface area contributed by atoms with Gasteiger partial charge in [-0.15, -0.1) is 0 Å². The van der Waals surface area contributed by atoms with E-state index in [-0.39, 0.29) is 0 Å². The first-order chi connectivity index (χ1) is 13.2. The number of carboxylic acid groups (broad SMARTS) is 1. The average molecular weight is 370 g/mol. The molecule has 0 saturated heterocycles. The lowest BCUT2D eigenvalue weighted by atomic mass is 10.1. The molecular weight excluding hydrogens is 340 g/mol. The van der Waals surface area contributed by atoms with Gasteiger partial charge < -0.3 is 15.2 Å². The Balaban J connectivity index is 1.40. The molecule has 0 fully saturated rings. The average Bonchev–Trinajstić information content (AvgIpc) is 2.68. The first-order valence-electron chi connectivity index (χ1n) is 9.65. The Morgan fingerprint density at radius 1 is 0.852 bits per heavy atom. The summed E-state index contributed by atoms with van der Waals surface area (Å²) in [6.45, 7) is 3.50. The summed E-state index contributed by atoms with van der Waals surface area (Å²) in [5.74, 6) is 0. The van der Waals surface area contributed by atoms with Crippen molar-refractivity contribution in [1.82, 2.24) is 5.32 Å². The van der Waals surface area contributed by atoms with Crippen LogP contribution < -0.4 is 10.6 Å². The molecule has 1 amide bonds. The first kappa shape index (κ1) is 20.9. The molecule has 0 radical (unpaired) electrons. The van der Waals surface area contributed by atoms with Crippen LogP contribution in [0.2, 0.25) is 0 Å². The molecule has 0 saturated carbocycles. The molecule has 0 aliphatic rings. The highest BCUT2D eigenvalue weighted by Gasteiger charge is 1.99. The van der Waals surface area contributed by atoms with E-state index in [1.165, 1.54) is 24.8 Å². The molecule has 2 aromatic carbocycles. The number of hydrogen-bond donors (Lipinski definition) is 3. The number of amides is 1. The molecule has 0 aliphatic carbocycles. The first-order valence-corrected chi connectivity index (χ1v) is 9.65. The molecule has 0 aliphatic heterocycles. The fourth-order valence-electron chi connectivity index (χ4n) is 2.81. The third kappa shape index (κ3) is 9.78. The van der Waals surface area contributed by atoms with Crippen molar-refractivity contribution in [2.24, 2.45) is 0 Å². The summed E-state index contributed by atoms with van der Waals surface area (Å²) >= 11 is 0. The molecule has 0 spiro atoms. The second kappa shape index (κ2) is 12.9. The summed E-state index contributed by atoms with van der Waals surface area (Å²) in [4.78, 5) is 10.5.